The van der Waals surface area contributed by atoms with Crippen molar-refractivity contribution in [2.45, 2.75) is 33.7 Å². The molecule has 1 unspecified atom stereocenters. The first-order valence-electron chi connectivity index (χ1n) is 5.45. The van der Waals surface area contributed by atoms with Crippen molar-refractivity contribution in [1.82, 2.24) is 9.88 Å². The van der Waals surface area contributed by atoms with E-state index in [1.165, 1.54) is 11.3 Å². The maximum absolute atomic E-state index is 10.9. The predicted molar refractivity (Wildman–Crippen MR) is 65.1 cm³/mol. The summed E-state index contributed by atoms with van der Waals surface area (Å²) in [6, 6.07) is 0.187. The quantitative estimate of drug-likeness (QED) is 0.862. The molecular weight excluding hydrogens is 224 g/mol. The Morgan fingerprint density at radius 3 is 2.44 bits per heavy atom. The molecule has 0 aliphatic rings. The van der Waals surface area contributed by atoms with E-state index in [0.29, 0.717) is 10.6 Å². The molecule has 1 rings (SSSR count). The van der Waals surface area contributed by atoms with Crippen molar-refractivity contribution in [3.05, 3.63) is 15.6 Å². The van der Waals surface area contributed by atoms with Gasteiger partial charge in [0.15, 0.2) is 0 Å². The van der Waals surface area contributed by atoms with E-state index in [2.05, 4.69) is 30.7 Å². The zero-order valence-corrected chi connectivity index (χ0v) is 11.0. The third-order valence-electron chi connectivity index (χ3n) is 2.72. The van der Waals surface area contributed by atoms with E-state index in [1.807, 2.05) is 0 Å². The number of carboxylic acids is 1. The minimum atomic E-state index is -0.881. The number of hydrogen-bond acceptors (Lipinski definition) is 4. The van der Waals surface area contributed by atoms with E-state index in [4.69, 9.17) is 5.11 Å². The van der Waals surface area contributed by atoms with Crippen LogP contribution in [0.5, 0.6) is 0 Å². The van der Waals surface area contributed by atoms with Crippen molar-refractivity contribution in [2.24, 2.45) is 0 Å². The fourth-order valence-electron chi connectivity index (χ4n) is 1.72. The molecule has 0 bridgehead atoms. The molecule has 1 heterocycles. The van der Waals surface area contributed by atoms with Gasteiger partial charge in [-0.3, -0.25) is 4.90 Å². The van der Waals surface area contributed by atoms with Crippen molar-refractivity contribution in [1.29, 1.82) is 0 Å². The van der Waals surface area contributed by atoms with Gasteiger partial charge < -0.3 is 5.11 Å². The molecule has 4 nitrogen and oxygen atoms in total. The first-order valence-corrected chi connectivity index (χ1v) is 6.27. The highest BCUT2D eigenvalue weighted by atomic mass is 32.1. The number of thiazole rings is 1. The molecule has 0 aliphatic carbocycles. The summed E-state index contributed by atoms with van der Waals surface area (Å²) in [7, 11) is 0. The minimum Gasteiger partial charge on any atom is -0.477 e. The van der Waals surface area contributed by atoms with Crippen molar-refractivity contribution in [2.75, 3.05) is 13.1 Å². The van der Waals surface area contributed by atoms with Gasteiger partial charge in [0.25, 0.3) is 0 Å². The lowest BCUT2D eigenvalue weighted by Gasteiger charge is -2.24. The van der Waals surface area contributed by atoms with Crippen LogP contribution in [0.15, 0.2) is 0 Å². The summed E-state index contributed by atoms with van der Waals surface area (Å²) in [5.74, 6) is -0.881. The molecule has 1 aromatic rings. The molecule has 0 aliphatic heterocycles. The van der Waals surface area contributed by atoms with Crippen molar-refractivity contribution < 1.29 is 9.90 Å². The van der Waals surface area contributed by atoms with Crippen LogP contribution in [0.4, 0.5) is 0 Å². The molecule has 0 spiro atoms. The second-order valence-corrected chi connectivity index (χ2v) is 4.70. The molecule has 0 saturated carbocycles. The number of aromatic carboxylic acids is 1. The third-order valence-corrected chi connectivity index (χ3v) is 4.04. The molecule has 16 heavy (non-hydrogen) atoms. The highest BCUT2D eigenvalue weighted by Gasteiger charge is 2.20. The van der Waals surface area contributed by atoms with Crippen LogP contribution >= 0.6 is 11.3 Å². The molecule has 0 amide bonds. The molecule has 1 atom stereocenters. The van der Waals surface area contributed by atoms with Crippen LogP contribution < -0.4 is 0 Å². The van der Waals surface area contributed by atoms with Gasteiger partial charge in [0.2, 0.25) is 0 Å². The predicted octanol–water partition coefficient (Wildman–Crippen LogP) is 2.55. The largest absolute Gasteiger partial charge is 0.477 e. The SMILES string of the molecule is CCN(CC)C(C)c1nc(C)c(C(=O)O)s1. The lowest BCUT2D eigenvalue weighted by atomic mass is 10.3. The average Bonchev–Trinajstić information content (AvgIpc) is 2.62. The van der Waals surface area contributed by atoms with Gasteiger partial charge in [-0.15, -0.1) is 11.3 Å². The van der Waals surface area contributed by atoms with Gasteiger partial charge >= 0.3 is 5.97 Å². The van der Waals surface area contributed by atoms with E-state index < -0.39 is 5.97 Å². The maximum atomic E-state index is 10.9. The summed E-state index contributed by atoms with van der Waals surface area (Å²) in [4.78, 5) is 17.9. The van der Waals surface area contributed by atoms with E-state index in [9.17, 15) is 4.79 Å². The molecule has 0 radical (unpaired) electrons. The van der Waals surface area contributed by atoms with E-state index in [1.54, 1.807) is 6.92 Å². The topological polar surface area (TPSA) is 53.4 Å². The fourth-order valence-corrected chi connectivity index (χ4v) is 2.71. The van der Waals surface area contributed by atoms with Gasteiger partial charge in [0.1, 0.15) is 9.88 Å². The van der Waals surface area contributed by atoms with Crippen molar-refractivity contribution in [3.8, 4) is 0 Å². The molecule has 0 saturated heterocycles. The standard InChI is InChI=1S/C11H18N2O2S/c1-5-13(6-2)8(4)10-12-7(3)9(16-10)11(14)15/h8H,5-6H2,1-4H3,(H,14,15). The van der Waals surface area contributed by atoms with Gasteiger partial charge in [0.05, 0.1) is 11.7 Å². The van der Waals surface area contributed by atoms with Gasteiger partial charge in [-0.2, -0.15) is 0 Å². The Kier molecular flexibility index (Phi) is 4.44. The molecule has 5 heteroatoms. The van der Waals surface area contributed by atoms with Crippen LogP contribution in [0, 0.1) is 6.92 Å². The Morgan fingerprint density at radius 2 is 2.06 bits per heavy atom. The minimum absolute atomic E-state index is 0.187. The van der Waals surface area contributed by atoms with Gasteiger partial charge in [-0.1, -0.05) is 13.8 Å². The zero-order chi connectivity index (χ0) is 12.3. The summed E-state index contributed by atoms with van der Waals surface area (Å²) in [6.45, 7) is 9.89. The van der Waals surface area contributed by atoms with E-state index >= 15 is 0 Å². The van der Waals surface area contributed by atoms with Crippen LogP contribution in [0.25, 0.3) is 0 Å². The first-order chi connectivity index (χ1) is 7.51. The van der Waals surface area contributed by atoms with Crippen LogP contribution in [0.3, 0.4) is 0 Å². The van der Waals surface area contributed by atoms with Crippen molar-refractivity contribution >= 4 is 17.3 Å². The second-order valence-electron chi connectivity index (χ2n) is 3.67. The number of hydrogen-bond donors (Lipinski definition) is 1. The number of nitrogens with zero attached hydrogens (tertiary/aromatic N) is 2. The Labute approximate surface area is 99.9 Å². The fraction of sp³-hybridized carbons (Fsp3) is 0.636. The smallest absolute Gasteiger partial charge is 0.347 e. The van der Waals surface area contributed by atoms with Crippen LogP contribution in [-0.4, -0.2) is 34.0 Å². The van der Waals surface area contributed by atoms with E-state index in [0.717, 1.165) is 18.1 Å². The summed E-state index contributed by atoms with van der Waals surface area (Å²) in [5.41, 5.74) is 0.617. The molecule has 0 aromatic carbocycles. The van der Waals surface area contributed by atoms with Crippen LogP contribution in [0.1, 0.15) is 47.2 Å². The lowest BCUT2D eigenvalue weighted by molar-refractivity contribution is 0.0701. The summed E-state index contributed by atoms with van der Waals surface area (Å²) in [5, 5.41) is 9.86. The van der Waals surface area contributed by atoms with Gasteiger partial charge in [0, 0.05) is 0 Å². The normalized spacial score (nSPS) is 13.1. The Bertz CT molecular complexity index is 372. The third kappa shape index (κ3) is 2.59. The van der Waals surface area contributed by atoms with E-state index in [-0.39, 0.29) is 6.04 Å². The highest BCUT2D eigenvalue weighted by Crippen LogP contribution is 2.27. The molecule has 1 N–H and O–H groups in total. The highest BCUT2D eigenvalue weighted by molar-refractivity contribution is 7.13. The Hall–Kier alpha value is -0.940. The maximum Gasteiger partial charge on any atom is 0.347 e. The Morgan fingerprint density at radius 1 is 1.50 bits per heavy atom. The first kappa shape index (κ1) is 13.1. The molecule has 90 valence electrons. The molecule has 1 aromatic heterocycles. The summed E-state index contributed by atoms with van der Waals surface area (Å²) >= 11 is 1.28. The van der Waals surface area contributed by atoms with Gasteiger partial charge in [-0.05, 0) is 26.9 Å². The monoisotopic (exact) mass is 242 g/mol. The molecular formula is C11H18N2O2S. The number of carbonyl (C=O) groups is 1. The number of aryl methyl sites for hydroxylation is 1. The van der Waals surface area contributed by atoms with Crippen LogP contribution in [-0.2, 0) is 0 Å². The molecule has 0 fully saturated rings. The Balaban J connectivity index is 2.96. The average molecular weight is 242 g/mol. The lowest BCUT2D eigenvalue weighted by Crippen LogP contribution is -2.26. The number of aromatic nitrogens is 1. The van der Waals surface area contributed by atoms with Gasteiger partial charge in [-0.25, -0.2) is 9.78 Å². The number of rotatable bonds is 5. The second kappa shape index (κ2) is 5.41. The summed E-state index contributed by atoms with van der Waals surface area (Å²) in [6.07, 6.45) is 0. The summed E-state index contributed by atoms with van der Waals surface area (Å²) < 4.78 is 0. The van der Waals surface area contributed by atoms with Crippen LogP contribution in [0.2, 0.25) is 0 Å². The van der Waals surface area contributed by atoms with Crippen molar-refractivity contribution in [3.63, 3.8) is 0 Å². The zero-order valence-electron chi connectivity index (χ0n) is 10.1. The number of carboxylic acid groups (broad SMARTS) is 1.